The van der Waals surface area contributed by atoms with Crippen molar-refractivity contribution in [1.29, 1.82) is 0 Å². The van der Waals surface area contributed by atoms with E-state index in [0.717, 1.165) is 43.6 Å². The topological polar surface area (TPSA) is 67.9 Å². The summed E-state index contributed by atoms with van der Waals surface area (Å²) in [5, 5.41) is 0. The van der Waals surface area contributed by atoms with Gasteiger partial charge in [0, 0.05) is 26.2 Å². The van der Waals surface area contributed by atoms with Gasteiger partial charge in [-0.1, -0.05) is 0 Å². The van der Waals surface area contributed by atoms with Crippen LogP contribution in [-0.4, -0.2) is 59.8 Å². The maximum absolute atomic E-state index is 12.8. The lowest BCUT2D eigenvalue weighted by Gasteiger charge is -2.32. The number of rotatable bonds is 7. The van der Waals surface area contributed by atoms with E-state index in [9.17, 15) is 8.42 Å². The molecule has 6 nitrogen and oxygen atoms in total. The lowest BCUT2D eigenvalue weighted by molar-refractivity contribution is 0.126. The zero-order valence-corrected chi connectivity index (χ0v) is 15.8. The summed E-state index contributed by atoms with van der Waals surface area (Å²) in [7, 11) is -0.278. The van der Waals surface area contributed by atoms with Crippen LogP contribution in [0.2, 0.25) is 0 Å². The highest BCUT2D eigenvalue weighted by Gasteiger charge is 2.26. The van der Waals surface area contributed by atoms with E-state index in [0.29, 0.717) is 17.3 Å². The molecule has 1 aliphatic rings. The van der Waals surface area contributed by atoms with Gasteiger partial charge in [0.25, 0.3) is 0 Å². The molecule has 0 radical (unpaired) electrons. The highest BCUT2D eigenvalue weighted by Crippen LogP contribution is 2.27. The van der Waals surface area contributed by atoms with Crippen LogP contribution in [0.25, 0.3) is 0 Å². The fraction of sp³-hybridized carbons (Fsp3) is 0.647. The van der Waals surface area contributed by atoms with E-state index in [1.807, 2.05) is 13.8 Å². The van der Waals surface area contributed by atoms with Gasteiger partial charge in [-0.05, 0) is 56.5 Å². The van der Waals surface area contributed by atoms with Crippen LogP contribution < -0.4 is 9.46 Å². The van der Waals surface area contributed by atoms with Crippen LogP contribution >= 0.6 is 0 Å². The fourth-order valence-corrected chi connectivity index (χ4v) is 4.70. The van der Waals surface area contributed by atoms with Gasteiger partial charge in [0.05, 0.1) is 18.6 Å². The third kappa shape index (κ3) is 4.47. The number of nitrogens with one attached hydrogen (secondary N) is 1. The molecule has 1 aliphatic heterocycles. The van der Waals surface area contributed by atoms with Crippen molar-refractivity contribution >= 4 is 10.0 Å². The van der Waals surface area contributed by atoms with Crippen LogP contribution in [0.3, 0.4) is 0 Å². The second-order valence-electron chi connectivity index (χ2n) is 6.27. The molecule has 0 bridgehead atoms. The molecule has 1 atom stereocenters. The summed E-state index contributed by atoms with van der Waals surface area (Å²) in [6.45, 7) is 6.89. The molecule has 0 aliphatic carbocycles. The van der Waals surface area contributed by atoms with Crippen molar-refractivity contribution in [3.05, 3.63) is 23.3 Å². The van der Waals surface area contributed by atoms with E-state index in [1.54, 1.807) is 26.4 Å². The van der Waals surface area contributed by atoms with Crippen LogP contribution in [-0.2, 0) is 14.8 Å². The molecule has 1 unspecified atom stereocenters. The number of piperidine rings is 1. The van der Waals surface area contributed by atoms with Gasteiger partial charge in [-0.2, -0.15) is 0 Å². The Kier molecular flexibility index (Phi) is 6.62. The number of methoxy groups -OCH3 is 2. The molecule has 2 rings (SSSR count). The van der Waals surface area contributed by atoms with Gasteiger partial charge in [-0.25, -0.2) is 13.1 Å². The molecule has 0 saturated carbocycles. The number of hydrogen-bond acceptors (Lipinski definition) is 5. The molecular weight excluding hydrogens is 328 g/mol. The highest BCUT2D eigenvalue weighted by molar-refractivity contribution is 7.89. The molecule has 1 aromatic carbocycles. The number of ether oxygens (including phenoxy) is 2. The standard InChI is InChI=1S/C17H28N2O4S/c1-13-14(2)17(8-7-16(13)23-4)24(20,21)18-15-6-5-9-19(12-15)10-11-22-3/h7-8,15,18H,5-6,9-12H2,1-4H3. The first kappa shape index (κ1) is 19.2. The van der Waals surface area contributed by atoms with Gasteiger partial charge in [0.15, 0.2) is 0 Å². The third-order valence-electron chi connectivity index (χ3n) is 4.64. The Balaban J connectivity index is 2.12. The number of hydrogen-bond donors (Lipinski definition) is 1. The second kappa shape index (κ2) is 8.29. The SMILES string of the molecule is COCCN1CCCC(NS(=O)(=O)c2ccc(OC)c(C)c2C)C1. The van der Waals surface area contributed by atoms with E-state index < -0.39 is 10.0 Å². The van der Waals surface area contributed by atoms with Gasteiger partial charge in [-0.15, -0.1) is 0 Å². The average Bonchev–Trinajstić information content (AvgIpc) is 2.55. The van der Waals surface area contributed by atoms with E-state index in [4.69, 9.17) is 9.47 Å². The van der Waals surface area contributed by atoms with Gasteiger partial charge >= 0.3 is 0 Å². The van der Waals surface area contributed by atoms with Crippen molar-refractivity contribution in [1.82, 2.24) is 9.62 Å². The summed E-state index contributed by atoms with van der Waals surface area (Å²) in [5.74, 6) is 0.704. The van der Waals surface area contributed by atoms with E-state index in [-0.39, 0.29) is 6.04 Å². The summed E-state index contributed by atoms with van der Waals surface area (Å²) >= 11 is 0. The number of sulfonamides is 1. The molecule has 1 aromatic rings. The van der Waals surface area contributed by atoms with Crippen LogP contribution in [0, 0.1) is 13.8 Å². The average molecular weight is 356 g/mol. The molecule has 1 N–H and O–H groups in total. The van der Waals surface area contributed by atoms with Crippen molar-refractivity contribution in [2.75, 3.05) is 40.5 Å². The lowest BCUT2D eigenvalue weighted by Crippen LogP contribution is -2.48. The van der Waals surface area contributed by atoms with Crippen molar-refractivity contribution in [2.24, 2.45) is 0 Å². The molecule has 1 heterocycles. The van der Waals surface area contributed by atoms with E-state index in [2.05, 4.69) is 9.62 Å². The zero-order valence-electron chi connectivity index (χ0n) is 15.0. The lowest BCUT2D eigenvalue weighted by atomic mass is 10.1. The summed E-state index contributed by atoms with van der Waals surface area (Å²) in [6, 6.07) is 3.26. The Morgan fingerprint density at radius 1 is 1.25 bits per heavy atom. The molecule has 0 spiro atoms. The van der Waals surface area contributed by atoms with Crippen molar-refractivity contribution in [2.45, 2.75) is 37.6 Å². The quantitative estimate of drug-likeness (QED) is 0.805. The molecule has 7 heteroatoms. The molecule has 1 saturated heterocycles. The van der Waals surface area contributed by atoms with Crippen molar-refractivity contribution in [3.63, 3.8) is 0 Å². The first-order valence-corrected chi connectivity index (χ1v) is 9.75. The minimum atomic E-state index is -3.55. The second-order valence-corrected chi connectivity index (χ2v) is 7.95. The predicted octanol–water partition coefficient (Wildman–Crippen LogP) is 1.70. The molecule has 1 fully saturated rings. The summed E-state index contributed by atoms with van der Waals surface area (Å²) < 4.78 is 38.8. The first-order chi connectivity index (χ1) is 11.4. The number of likely N-dealkylation sites (tertiary alicyclic amines) is 1. The smallest absolute Gasteiger partial charge is 0.241 e. The van der Waals surface area contributed by atoms with Crippen molar-refractivity contribution < 1.29 is 17.9 Å². The summed E-state index contributed by atoms with van der Waals surface area (Å²) in [6.07, 6.45) is 1.84. The molecular formula is C17H28N2O4S. The van der Waals surface area contributed by atoms with Crippen LogP contribution in [0.5, 0.6) is 5.75 Å². The fourth-order valence-electron chi connectivity index (χ4n) is 3.14. The zero-order chi connectivity index (χ0) is 17.7. The van der Waals surface area contributed by atoms with E-state index in [1.165, 1.54) is 0 Å². The monoisotopic (exact) mass is 356 g/mol. The molecule has 0 amide bonds. The Hall–Kier alpha value is -1.15. The minimum absolute atomic E-state index is 0.0672. The van der Waals surface area contributed by atoms with Crippen LogP contribution in [0.1, 0.15) is 24.0 Å². The molecule has 24 heavy (non-hydrogen) atoms. The highest BCUT2D eigenvalue weighted by atomic mass is 32.2. The predicted molar refractivity (Wildman–Crippen MR) is 94.1 cm³/mol. The normalized spacial score (nSPS) is 19.4. The Labute approximate surface area is 145 Å². The van der Waals surface area contributed by atoms with Crippen LogP contribution in [0.15, 0.2) is 17.0 Å². The summed E-state index contributed by atoms with van der Waals surface area (Å²) in [4.78, 5) is 2.57. The van der Waals surface area contributed by atoms with Crippen molar-refractivity contribution in [3.8, 4) is 5.75 Å². The first-order valence-electron chi connectivity index (χ1n) is 8.27. The Morgan fingerprint density at radius 3 is 2.67 bits per heavy atom. The van der Waals surface area contributed by atoms with Gasteiger partial charge in [0.2, 0.25) is 10.0 Å². The third-order valence-corrected chi connectivity index (χ3v) is 6.30. The van der Waals surface area contributed by atoms with Crippen LogP contribution in [0.4, 0.5) is 0 Å². The number of nitrogens with zero attached hydrogens (tertiary/aromatic N) is 1. The minimum Gasteiger partial charge on any atom is -0.496 e. The van der Waals surface area contributed by atoms with Gasteiger partial charge in [0.1, 0.15) is 5.75 Å². The molecule has 0 aromatic heterocycles. The Morgan fingerprint density at radius 2 is 2.00 bits per heavy atom. The van der Waals surface area contributed by atoms with E-state index >= 15 is 0 Å². The maximum Gasteiger partial charge on any atom is 0.241 e. The largest absolute Gasteiger partial charge is 0.496 e. The maximum atomic E-state index is 12.8. The number of benzene rings is 1. The molecule has 136 valence electrons. The van der Waals surface area contributed by atoms with Gasteiger partial charge < -0.3 is 9.47 Å². The Bertz CT molecular complexity index is 661. The summed E-state index contributed by atoms with van der Waals surface area (Å²) in [5.41, 5.74) is 1.58. The van der Waals surface area contributed by atoms with Gasteiger partial charge in [-0.3, -0.25) is 4.90 Å².